The average Bonchev–Trinajstić information content (AvgIpc) is 3.36. The van der Waals surface area contributed by atoms with Crippen molar-refractivity contribution in [3.05, 3.63) is 88.7 Å². The SMILES string of the molecule is CC1=C(C(=O)OC(C)C)C(c2cccs2)n2c(s/c(=C\c3ccc(C(C)C)cc3)c2=O)=N1. The fraction of sp³-hybridized carbons (Fsp3) is 0.320. The quantitative estimate of drug-likeness (QED) is 0.525. The Bertz CT molecular complexity index is 1340. The molecule has 166 valence electrons. The van der Waals surface area contributed by atoms with E-state index in [1.54, 1.807) is 11.5 Å². The van der Waals surface area contributed by atoms with Crippen molar-refractivity contribution >= 4 is 34.7 Å². The first-order valence-electron chi connectivity index (χ1n) is 10.6. The zero-order valence-corrected chi connectivity index (χ0v) is 20.4. The van der Waals surface area contributed by atoms with Crippen molar-refractivity contribution in [1.82, 2.24) is 4.57 Å². The highest BCUT2D eigenvalue weighted by Crippen LogP contribution is 2.33. The lowest BCUT2D eigenvalue weighted by Crippen LogP contribution is -2.39. The van der Waals surface area contributed by atoms with Crippen LogP contribution in [0.3, 0.4) is 0 Å². The molecule has 0 radical (unpaired) electrons. The normalized spacial score (nSPS) is 16.5. The summed E-state index contributed by atoms with van der Waals surface area (Å²) in [7, 11) is 0. The molecule has 0 fully saturated rings. The lowest BCUT2D eigenvalue weighted by molar-refractivity contribution is -0.143. The van der Waals surface area contributed by atoms with Crippen LogP contribution in [-0.2, 0) is 9.53 Å². The number of allylic oxidation sites excluding steroid dienone is 1. The van der Waals surface area contributed by atoms with Crippen molar-refractivity contribution in [3.8, 4) is 0 Å². The number of esters is 1. The number of hydrogen-bond acceptors (Lipinski definition) is 6. The van der Waals surface area contributed by atoms with E-state index in [9.17, 15) is 9.59 Å². The molecule has 1 aromatic carbocycles. The number of carbonyl (C=O) groups is 1. The minimum Gasteiger partial charge on any atom is -0.459 e. The first-order valence-corrected chi connectivity index (χ1v) is 12.3. The molecule has 1 aliphatic rings. The molecule has 3 heterocycles. The summed E-state index contributed by atoms with van der Waals surface area (Å²) in [6.45, 7) is 9.74. The van der Waals surface area contributed by atoms with Gasteiger partial charge in [0.25, 0.3) is 5.56 Å². The van der Waals surface area contributed by atoms with E-state index in [2.05, 4.69) is 31.0 Å². The van der Waals surface area contributed by atoms with Gasteiger partial charge in [-0.15, -0.1) is 11.3 Å². The van der Waals surface area contributed by atoms with Gasteiger partial charge >= 0.3 is 5.97 Å². The lowest BCUT2D eigenvalue weighted by atomic mass is 10.0. The van der Waals surface area contributed by atoms with Crippen LogP contribution in [0.1, 0.15) is 62.6 Å². The third kappa shape index (κ3) is 4.27. The standard InChI is InChI=1S/C25H26N2O3S2/c1-14(2)18-10-8-17(9-11-18)13-20-23(28)27-22(19-7-6-12-31-19)21(24(29)30-15(3)4)16(5)26-25(27)32-20/h6-15,22H,1-5H3/b20-13-. The molecular weight excluding hydrogens is 440 g/mol. The number of fused-ring (bicyclic) bond motifs is 1. The topological polar surface area (TPSA) is 60.7 Å². The zero-order valence-electron chi connectivity index (χ0n) is 18.8. The number of thiazole rings is 1. The van der Waals surface area contributed by atoms with Crippen molar-refractivity contribution in [1.29, 1.82) is 0 Å². The molecule has 0 amide bonds. The van der Waals surface area contributed by atoms with E-state index in [-0.39, 0.29) is 11.7 Å². The molecule has 7 heteroatoms. The van der Waals surface area contributed by atoms with Crippen LogP contribution in [0.5, 0.6) is 0 Å². The monoisotopic (exact) mass is 466 g/mol. The molecule has 0 N–H and O–H groups in total. The van der Waals surface area contributed by atoms with Gasteiger partial charge in [-0.05, 0) is 55.3 Å². The maximum Gasteiger partial charge on any atom is 0.338 e. The van der Waals surface area contributed by atoms with Crippen LogP contribution in [0.4, 0.5) is 0 Å². The number of hydrogen-bond donors (Lipinski definition) is 0. The van der Waals surface area contributed by atoms with Gasteiger partial charge in [0.05, 0.1) is 21.9 Å². The number of carbonyl (C=O) groups excluding carboxylic acids is 1. The molecular formula is C25H26N2O3S2. The Labute approximate surface area is 195 Å². The van der Waals surface area contributed by atoms with Gasteiger partial charge in [-0.3, -0.25) is 9.36 Å². The Morgan fingerprint density at radius 3 is 2.47 bits per heavy atom. The van der Waals surface area contributed by atoms with Crippen molar-refractivity contribution in [2.24, 2.45) is 4.99 Å². The molecule has 32 heavy (non-hydrogen) atoms. The summed E-state index contributed by atoms with van der Waals surface area (Å²) in [5.74, 6) is 0.0188. The number of nitrogens with zero attached hydrogens (tertiary/aromatic N) is 2. The van der Waals surface area contributed by atoms with Gasteiger partial charge in [0.15, 0.2) is 4.80 Å². The summed E-state index contributed by atoms with van der Waals surface area (Å²) in [6.07, 6.45) is 1.63. The van der Waals surface area contributed by atoms with Gasteiger partial charge < -0.3 is 4.74 Å². The first kappa shape index (κ1) is 22.4. The predicted octanol–water partition coefficient (Wildman–Crippen LogP) is 4.37. The van der Waals surface area contributed by atoms with E-state index in [1.807, 2.05) is 49.6 Å². The minimum absolute atomic E-state index is 0.151. The zero-order chi connectivity index (χ0) is 23.0. The summed E-state index contributed by atoms with van der Waals surface area (Å²) in [5.41, 5.74) is 3.07. The highest BCUT2D eigenvalue weighted by molar-refractivity contribution is 7.10. The average molecular weight is 467 g/mol. The fourth-order valence-electron chi connectivity index (χ4n) is 3.70. The fourth-order valence-corrected chi connectivity index (χ4v) is 5.57. The van der Waals surface area contributed by atoms with E-state index in [0.29, 0.717) is 26.5 Å². The van der Waals surface area contributed by atoms with Gasteiger partial charge in [-0.2, -0.15) is 0 Å². The molecule has 2 aromatic heterocycles. The molecule has 0 saturated carbocycles. The number of benzene rings is 1. The van der Waals surface area contributed by atoms with Gasteiger partial charge in [0.1, 0.15) is 6.04 Å². The maximum atomic E-state index is 13.5. The van der Waals surface area contributed by atoms with E-state index < -0.39 is 12.0 Å². The van der Waals surface area contributed by atoms with Gasteiger partial charge in [-0.25, -0.2) is 9.79 Å². The Balaban J connectivity index is 1.86. The Morgan fingerprint density at radius 1 is 1.16 bits per heavy atom. The number of ether oxygens (including phenoxy) is 1. The third-order valence-corrected chi connectivity index (χ3v) is 7.21. The summed E-state index contributed by atoms with van der Waals surface area (Å²) in [5, 5.41) is 1.95. The second kappa shape index (κ2) is 9.00. The molecule has 3 aromatic rings. The number of rotatable bonds is 5. The lowest BCUT2D eigenvalue weighted by Gasteiger charge is -2.24. The molecule has 1 aliphatic heterocycles. The third-order valence-electron chi connectivity index (χ3n) is 5.30. The van der Waals surface area contributed by atoms with Crippen LogP contribution in [0, 0.1) is 0 Å². The van der Waals surface area contributed by atoms with Crippen LogP contribution in [0.2, 0.25) is 0 Å². The van der Waals surface area contributed by atoms with Crippen LogP contribution >= 0.6 is 22.7 Å². The largest absolute Gasteiger partial charge is 0.459 e. The van der Waals surface area contributed by atoms with E-state index in [4.69, 9.17) is 4.74 Å². The molecule has 1 unspecified atom stereocenters. The Hall–Kier alpha value is -2.77. The molecule has 0 bridgehead atoms. The molecule has 0 spiro atoms. The number of aromatic nitrogens is 1. The summed E-state index contributed by atoms with van der Waals surface area (Å²) >= 11 is 2.86. The summed E-state index contributed by atoms with van der Waals surface area (Å²) < 4.78 is 7.73. The van der Waals surface area contributed by atoms with Crippen LogP contribution in [0.25, 0.3) is 6.08 Å². The molecule has 5 nitrogen and oxygen atoms in total. The summed E-state index contributed by atoms with van der Waals surface area (Å²) in [4.78, 5) is 32.6. The first-order chi connectivity index (χ1) is 15.3. The summed E-state index contributed by atoms with van der Waals surface area (Å²) in [6, 6.07) is 11.6. The van der Waals surface area contributed by atoms with Crippen LogP contribution < -0.4 is 14.9 Å². The highest BCUT2D eigenvalue weighted by Gasteiger charge is 2.34. The Morgan fingerprint density at radius 2 is 1.88 bits per heavy atom. The van der Waals surface area contributed by atoms with E-state index in [1.165, 1.54) is 28.2 Å². The van der Waals surface area contributed by atoms with E-state index in [0.717, 1.165) is 10.4 Å². The highest BCUT2D eigenvalue weighted by atomic mass is 32.1. The molecule has 4 rings (SSSR count). The van der Waals surface area contributed by atoms with Crippen molar-refractivity contribution in [2.75, 3.05) is 0 Å². The Kier molecular flexibility index (Phi) is 6.31. The van der Waals surface area contributed by atoms with Crippen molar-refractivity contribution < 1.29 is 9.53 Å². The van der Waals surface area contributed by atoms with Crippen LogP contribution in [-0.4, -0.2) is 16.6 Å². The maximum absolute atomic E-state index is 13.5. The van der Waals surface area contributed by atoms with Crippen molar-refractivity contribution in [2.45, 2.75) is 52.7 Å². The second-order valence-electron chi connectivity index (χ2n) is 8.37. The molecule has 1 atom stereocenters. The van der Waals surface area contributed by atoms with E-state index >= 15 is 0 Å². The van der Waals surface area contributed by atoms with Gasteiger partial charge in [-0.1, -0.05) is 55.5 Å². The molecule has 0 aliphatic carbocycles. The van der Waals surface area contributed by atoms with Crippen molar-refractivity contribution in [3.63, 3.8) is 0 Å². The number of thiophene rings is 1. The predicted molar refractivity (Wildman–Crippen MR) is 130 cm³/mol. The van der Waals surface area contributed by atoms with Gasteiger partial charge in [0, 0.05) is 4.88 Å². The smallest absolute Gasteiger partial charge is 0.338 e. The molecule has 0 saturated heterocycles. The second-order valence-corrected chi connectivity index (χ2v) is 10.4. The van der Waals surface area contributed by atoms with Gasteiger partial charge in [0.2, 0.25) is 0 Å². The minimum atomic E-state index is -0.539. The van der Waals surface area contributed by atoms with Crippen LogP contribution in [0.15, 0.2) is 62.8 Å².